The second-order valence-electron chi connectivity index (χ2n) is 5.23. The molecule has 1 heterocycles. The molecular formula is C18H24N2O. The van der Waals surface area contributed by atoms with Gasteiger partial charge in [-0.25, -0.2) is 4.98 Å². The van der Waals surface area contributed by atoms with E-state index in [1.165, 1.54) is 5.56 Å². The number of nitrogens with zero attached hydrogens (tertiary/aromatic N) is 1. The van der Waals surface area contributed by atoms with Crippen molar-refractivity contribution in [3.8, 4) is 11.6 Å². The summed E-state index contributed by atoms with van der Waals surface area (Å²) in [7, 11) is 0. The molecule has 2 rings (SSSR count). The number of hydrogen-bond acceptors (Lipinski definition) is 3. The van der Waals surface area contributed by atoms with Crippen LogP contribution in [0.1, 0.15) is 44.4 Å². The third-order valence-electron chi connectivity index (χ3n) is 3.62. The van der Waals surface area contributed by atoms with E-state index in [2.05, 4.69) is 43.2 Å². The highest BCUT2D eigenvalue weighted by atomic mass is 16.5. The number of ether oxygens (including phenoxy) is 1. The summed E-state index contributed by atoms with van der Waals surface area (Å²) in [5.74, 6) is 2.05. The summed E-state index contributed by atoms with van der Waals surface area (Å²) in [4.78, 5) is 4.49. The van der Waals surface area contributed by atoms with Gasteiger partial charge in [-0.15, -0.1) is 0 Å². The molecule has 112 valence electrons. The van der Waals surface area contributed by atoms with E-state index in [9.17, 15) is 0 Å². The Bertz CT molecular complexity index is 551. The van der Waals surface area contributed by atoms with Crippen molar-refractivity contribution in [2.75, 3.05) is 6.54 Å². The molecule has 0 radical (unpaired) electrons. The predicted octanol–water partition coefficient (Wildman–Crippen LogP) is 4.50. The van der Waals surface area contributed by atoms with Gasteiger partial charge in [0.15, 0.2) is 0 Å². The first-order valence-corrected chi connectivity index (χ1v) is 7.67. The fourth-order valence-electron chi connectivity index (χ4n) is 2.09. The Hall–Kier alpha value is -1.87. The van der Waals surface area contributed by atoms with Gasteiger partial charge in [0.25, 0.3) is 0 Å². The zero-order chi connectivity index (χ0) is 15.1. The van der Waals surface area contributed by atoms with Crippen molar-refractivity contribution in [1.29, 1.82) is 0 Å². The highest BCUT2D eigenvalue weighted by Crippen LogP contribution is 2.24. The molecule has 0 aliphatic rings. The fourth-order valence-corrected chi connectivity index (χ4v) is 2.09. The summed E-state index contributed by atoms with van der Waals surface area (Å²) < 4.78 is 5.83. The maximum atomic E-state index is 5.83. The van der Waals surface area contributed by atoms with Gasteiger partial charge in [-0.1, -0.05) is 39.0 Å². The maximum absolute atomic E-state index is 5.83. The Kier molecular flexibility index (Phi) is 5.76. The molecule has 0 spiro atoms. The molecule has 21 heavy (non-hydrogen) atoms. The van der Waals surface area contributed by atoms with Gasteiger partial charge in [-0.3, -0.25) is 0 Å². The smallest absolute Gasteiger partial charge is 0.219 e. The zero-order valence-electron chi connectivity index (χ0n) is 13.1. The average molecular weight is 284 g/mol. The quantitative estimate of drug-likeness (QED) is 0.813. The summed E-state index contributed by atoms with van der Waals surface area (Å²) in [6.45, 7) is 8.22. The third-order valence-corrected chi connectivity index (χ3v) is 3.62. The van der Waals surface area contributed by atoms with E-state index < -0.39 is 0 Å². The molecule has 0 saturated heterocycles. The lowest BCUT2D eigenvalue weighted by atomic mass is 9.99. The van der Waals surface area contributed by atoms with Crippen LogP contribution in [0.4, 0.5) is 0 Å². The lowest BCUT2D eigenvalue weighted by Gasteiger charge is -2.10. The first-order valence-electron chi connectivity index (χ1n) is 7.67. The standard InChI is InChI=1S/C18H24N2O/c1-4-14(3)15-9-11-17(12-10-15)21-18-8-6-7-16(20-18)13-19-5-2/h6-12,14,19H,4-5,13H2,1-3H3. The van der Waals surface area contributed by atoms with Crippen LogP contribution in [0.15, 0.2) is 42.5 Å². The van der Waals surface area contributed by atoms with Crippen LogP contribution in [0.5, 0.6) is 11.6 Å². The minimum atomic E-state index is 0.584. The van der Waals surface area contributed by atoms with Gasteiger partial charge < -0.3 is 10.1 Å². The molecule has 0 saturated carbocycles. The van der Waals surface area contributed by atoms with Crippen LogP contribution >= 0.6 is 0 Å². The lowest BCUT2D eigenvalue weighted by molar-refractivity contribution is 0.459. The summed E-state index contributed by atoms with van der Waals surface area (Å²) in [5, 5.41) is 3.26. The van der Waals surface area contributed by atoms with E-state index >= 15 is 0 Å². The molecule has 0 fully saturated rings. The van der Waals surface area contributed by atoms with Crippen LogP contribution in [0.25, 0.3) is 0 Å². The molecule has 3 heteroatoms. The van der Waals surface area contributed by atoms with E-state index in [0.717, 1.165) is 31.0 Å². The molecule has 3 nitrogen and oxygen atoms in total. The molecule has 1 atom stereocenters. The van der Waals surface area contributed by atoms with Crippen LogP contribution in [-0.2, 0) is 6.54 Å². The Labute approximate surface area is 127 Å². The molecule has 0 aliphatic heterocycles. The summed E-state index contributed by atoms with van der Waals surface area (Å²) >= 11 is 0. The molecule has 1 unspecified atom stereocenters. The van der Waals surface area contributed by atoms with Gasteiger partial charge in [0.05, 0.1) is 5.69 Å². The topological polar surface area (TPSA) is 34.1 Å². The molecule has 0 aliphatic carbocycles. The Morgan fingerprint density at radius 1 is 1.10 bits per heavy atom. The maximum Gasteiger partial charge on any atom is 0.219 e. The van der Waals surface area contributed by atoms with Crippen molar-refractivity contribution < 1.29 is 4.74 Å². The second kappa shape index (κ2) is 7.79. The van der Waals surface area contributed by atoms with Gasteiger partial charge in [-0.2, -0.15) is 0 Å². The van der Waals surface area contributed by atoms with Crippen molar-refractivity contribution in [1.82, 2.24) is 10.3 Å². The molecule has 0 amide bonds. The number of aromatic nitrogens is 1. The predicted molar refractivity (Wildman–Crippen MR) is 86.8 cm³/mol. The molecule has 2 aromatic rings. The number of hydrogen-bond donors (Lipinski definition) is 1. The van der Waals surface area contributed by atoms with Gasteiger partial charge in [0, 0.05) is 12.6 Å². The van der Waals surface area contributed by atoms with Gasteiger partial charge >= 0.3 is 0 Å². The fraction of sp³-hybridized carbons (Fsp3) is 0.389. The van der Waals surface area contributed by atoms with E-state index in [0.29, 0.717) is 11.8 Å². The second-order valence-corrected chi connectivity index (χ2v) is 5.23. The first kappa shape index (κ1) is 15.5. The Morgan fingerprint density at radius 2 is 1.86 bits per heavy atom. The van der Waals surface area contributed by atoms with Crippen LogP contribution < -0.4 is 10.1 Å². The SMILES string of the molecule is CCNCc1cccc(Oc2ccc(C(C)CC)cc2)n1. The summed E-state index contributed by atoms with van der Waals surface area (Å²) in [6.07, 6.45) is 1.15. The summed E-state index contributed by atoms with van der Waals surface area (Å²) in [6, 6.07) is 14.2. The van der Waals surface area contributed by atoms with Crippen LogP contribution in [-0.4, -0.2) is 11.5 Å². The normalized spacial score (nSPS) is 12.1. The van der Waals surface area contributed by atoms with Crippen LogP contribution in [0.2, 0.25) is 0 Å². The lowest BCUT2D eigenvalue weighted by Crippen LogP contribution is -2.12. The van der Waals surface area contributed by atoms with Crippen molar-refractivity contribution in [2.24, 2.45) is 0 Å². The van der Waals surface area contributed by atoms with Gasteiger partial charge in [0.2, 0.25) is 5.88 Å². The van der Waals surface area contributed by atoms with Gasteiger partial charge in [0.1, 0.15) is 5.75 Å². The van der Waals surface area contributed by atoms with Gasteiger partial charge in [-0.05, 0) is 42.6 Å². The minimum absolute atomic E-state index is 0.584. The number of benzene rings is 1. The van der Waals surface area contributed by atoms with Crippen molar-refractivity contribution in [2.45, 2.75) is 39.7 Å². The molecule has 1 N–H and O–H groups in total. The van der Waals surface area contributed by atoms with Crippen LogP contribution in [0, 0.1) is 0 Å². The average Bonchev–Trinajstić information content (AvgIpc) is 2.53. The zero-order valence-corrected chi connectivity index (χ0v) is 13.1. The van der Waals surface area contributed by atoms with E-state index in [4.69, 9.17) is 4.74 Å². The number of pyridine rings is 1. The molecule has 1 aromatic carbocycles. The molecular weight excluding hydrogens is 260 g/mol. The van der Waals surface area contributed by atoms with Crippen molar-refractivity contribution in [3.63, 3.8) is 0 Å². The minimum Gasteiger partial charge on any atom is -0.439 e. The number of rotatable bonds is 7. The van der Waals surface area contributed by atoms with Crippen LogP contribution in [0.3, 0.4) is 0 Å². The Morgan fingerprint density at radius 3 is 2.52 bits per heavy atom. The number of nitrogens with one attached hydrogen (secondary N) is 1. The van der Waals surface area contributed by atoms with E-state index in [1.807, 2.05) is 30.3 Å². The monoisotopic (exact) mass is 284 g/mol. The van der Waals surface area contributed by atoms with E-state index in [1.54, 1.807) is 0 Å². The van der Waals surface area contributed by atoms with Crippen molar-refractivity contribution in [3.05, 3.63) is 53.7 Å². The highest BCUT2D eigenvalue weighted by Gasteiger charge is 2.04. The highest BCUT2D eigenvalue weighted by molar-refractivity contribution is 5.32. The summed E-state index contributed by atoms with van der Waals surface area (Å²) in [5.41, 5.74) is 2.34. The third kappa shape index (κ3) is 4.57. The van der Waals surface area contributed by atoms with Crippen molar-refractivity contribution >= 4 is 0 Å². The van der Waals surface area contributed by atoms with E-state index in [-0.39, 0.29) is 0 Å². The first-order chi connectivity index (χ1) is 10.2. The Balaban J connectivity index is 2.04. The largest absolute Gasteiger partial charge is 0.439 e. The molecule has 0 bridgehead atoms. The molecule has 1 aromatic heterocycles.